The molecule has 0 aliphatic carbocycles. The zero-order valence-electron chi connectivity index (χ0n) is 11.7. The van der Waals surface area contributed by atoms with Crippen LogP contribution >= 0.6 is 23.5 Å². The fourth-order valence-corrected chi connectivity index (χ4v) is 4.00. The van der Waals surface area contributed by atoms with E-state index in [-0.39, 0.29) is 6.16 Å². The van der Waals surface area contributed by atoms with E-state index in [1.165, 1.54) is 7.11 Å². The summed E-state index contributed by atoms with van der Waals surface area (Å²) in [4.78, 5) is 11.5. The van der Waals surface area contributed by atoms with Gasteiger partial charge in [-0.25, -0.2) is 4.79 Å². The monoisotopic (exact) mass is 364 g/mol. The maximum Gasteiger partial charge on any atom is 0.337 e. The van der Waals surface area contributed by atoms with Crippen molar-refractivity contribution in [3.63, 3.8) is 0 Å². The van der Waals surface area contributed by atoms with Crippen LogP contribution in [0.3, 0.4) is 0 Å². The quantitative estimate of drug-likeness (QED) is 0.540. The molecule has 0 saturated carbocycles. The third kappa shape index (κ3) is 4.70. The molecule has 0 aliphatic rings. The van der Waals surface area contributed by atoms with Gasteiger partial charge in [-0.15, -0.1) is 0 Å². The highest BCUT2D eigenvalue weighted by Crippen LogP contribution is 2.52. The minimum Gasteiger partial charge on any atom is -0.465 e. The van der Waals surface area contributed by atoms with Crippen LogP contribution in [0.4, 0.5) is 0 Å². The molecule has 0 amide bonds. The second-order valence-corrected chi connectivity index (χ2v) is 6.81. The van der Waals surface area contributed by atoms with E-state index in [2.05, 4.69) is 20.7 Å². The van der Waals surface area contributed by atoms with Crippen molar-refractivity contribution in [2.24, 2.45) is 0 Å². The maximum atomic E-state index is 12.5. The lowest BCUT2D eigenvalue weighted by Gasteiger charge is -2.18. The molecule has 5 nitrogen and oxygen atoms in total. The standard InChI is InChI=1S/C13H18BrO5P/c1-4-18-20(16,19-5-2)9-11-8-10(13(15)17-3)6-7-12(11)14/h6-8H,4-5,9H2,1-3H3. The number of carbonyl (C=O) groups excluding carboxylic acids is 1. The van der Waals surface area contributed by atoms with Gasteiger partial charge in [0.1, 0.15) is 0 Å². The van der Waals surface area contributed by atoms with Crippen LogP contribution in [0, 0.1) is 0 Å². The molecule has 1 rings (SSSR count). The van der Waals surface area contributed by atoms with Gasteiger partial charge >= 0.3 is 13.6 Å². The second kappa shape index (κ2) is 7.93. The number of esters is 1. The molecule has 1 aromatic rings. The maximum absolute atomic E-state index is 12.5. The first-order chi connectivity index (χ1) is 9.45. The van der Waals surface area contributed by atoms with Gasteiger partial charge in [-0.1, -0.05) is 15.9 Å². The van der Waals surface area contributed by atoms with Gasteiger partial charge < -0.3 is 13.8 Å². The van der Waals surface area contributed by atoms with E-state index in [0.29, 0.717) is 24.3 Å². The lowest BCUT2D eigenvalue weighted by atomic mass is 10.1. The average molecular weight is 365 g/mol. The first kappa shape index (κ1) is 17.4. The molecule has 0 aliphatic heterocycles. The Labute approximate surface area is 127 Å². The Hall–Kier alpha value is -0.680. The molecule has 0 aromatic heterocycles. The molecule has 0 saturated heterocycles. The van der Waals surface area contributed by atoms with Gasteiger partial charge in [-0.3, -0.25) is 4.57 Å². The van der Waals surface area contributed by atoms with Crippen LogP contribution in [0.5, 0.6) is 0 Å². The van der Waals surface area contributed by atoms with Crippen LogP contribution in [-0.4, -0.2) is 26.3 Å². The van der Waals surface area contributed by atoms with Crippen molar-refractivity contribution >= 4 is 29.5 Å². The summed E-state index contributed by atoms with van der Waals surface area (Å²) < 4.78 is 28.4. The van der Waals surface area contributed by atoms with Crippen LogP contribution in [-0.2, 0) is 24.5 Å². The van der Waals surface area contributed by atoms with Crippen molar-refractivity contribution in [2.45, 2.75) is 20.0 Å². The Bertz CT molecular complexity index is 507. The summed E-state index contributed by atoms with van der Waals surface area (Å²) in [5, 5.41) is 0. The van der Waals surface area contributed by atoms with E-state index < -0.39 is 13.6 Å². The van der Waals surface area contributed by atoms with Gasteiger partial charge in [-0.05, 0) is 37.6 Å². The van der Waals surface area contributed by atoms with Crippen LogP contribution < -0.4 is 0 Å². The van der Waals surface area contributed by atoms with Crippen molar-refractivity contribution in [3.05, 3.63) is 33.8 Å². The molecule has 20 heavy (non-hydrogen) atoms. The van der Waals surface area contributed by atoms with E-state index in [1.807, 2.05) is 0 Å². The molecule has 0 unspecified atom stereocenters. The Morgan fingerprint density at radius 1 is 1.25 bits per heavy atom. The topological polar surface area (TPSA) is 61.8 Å². The summed E-state index contributed by atoms with van der Waals surface area (Å²) in [5.74, 6) is -0.443. The molecule has 0 spiro atoms. The summed E-state index contributed by atoms with van der Waals surface area (Å²) in [7, 11) is -1.89. The van der Waals surface area contributed by atoms with Crippen LogP contribution in [0.25, 0.3) is 0 Å². The normalized spacial score (nSPS) is 11.4. The molecule has 0 heterocycles. The van der Waals surface area contributed by atoms with Gasteiger partial charge in [0.05, 0.1) is 32.0 Å². The third-order valence-electron chi connectivity index (χ3n) is 2.48. The summed E-state index contributed by atoms with van der Waals surface area (Å²) >= 11 is 3.37. The predicted octanol–water partition coefficient (Wildman–Crippen LogP) is 4.00. The van der Waals surface area contributed by atoms with E-state index in [0.717, 1.165) is 4.47 Å². The predicted molar refractivity (Wildman–Crippen MR) is 80.0 cm³/mol. The van der Waals surface area contributed by atoms with Crippen molar-refractivity contribution in [2.75, 3.05) is 20.3 Å². The summed E-state index contributed by atoms with van der Waals surface area (Å²) in [6, 6.07) is 4.97. The molecule has 1 aromatic carbocycles. The fraction of sp³-hybridized carbons (Fsp3) is 0.462. The first-order valence-corrected chi connectivity index (χ1v) is 8.72. The summed E-state index contributed by atoms with van der Waals surface area (Å²) in [6.45, 7) is 4.11. The lowest BCUT2D eigenvalue weighted by Crippen LogP contribution is -2.04. The Morgan fingerprint density at radius 2 is 1.85 bits per heavy atom. The van der Waals surface area contributed by atoms with Gasteiger partial charge in [0, 0.05) is 4.47 Å². The van der Waals surface area contributed by atoms with Crippen LogP contribution in [0.2, 0.25) is 0 Å². The molecule has 7 heteroatoms. The highest BCUT2D eigenvalue weighted by molar-refractivity contribution is 9.10. The number of hydrogen-bond donors (Lipinski definition) is 0. The number of ether oxygens (including phenoxy) is 1. The third-order valence-corrected chi connectivity index (χ3v) is 5.29. The van der Waals surface area contributed by atoms with Crippen LogP contribution in [0.1, 0.15) is 29.8 Å². The number of hydrogen-bond acceptors (Lipinski definition) is 5. The lowest BCUT2D eigenvalue weighted by molar-refractivity contribution is 0.0600. The smallest absolute Gasteiger partial charge is 0.337 e. The molecule has 0 fully saturated rings. The van der Waals surface area contributed by atoms with E-state index in [1.54, 1.807) is 32.0 Å². The minimum atomic E-state index is -3.21. The Balaban J connectivity index is 3.05. The van der Waals surface area contributed by atoms with Crippen molar-refractivity contribution in [1.29, 1.82) is 0 Å². The van der Waals surface area contributed by atoms with Gasteiger partial charge in [0.15, 0.2) is 0 Å². The minimum absolute atomic E-state index is 0.0973. The Morgan fingerprint density at radius 3 is 2.35 bits per heavy atom. The fourth-order valence-electron chi connectivity index (χ4n) is 1.67. The van der Waals surface area contributed by atoms with Crippen molar-refractivity contribution in [1.82, 2.24) is 0 Å². The molecule has 0 N–H and O–H groups in total. The molecule has 0 atom stereocenters. The average Bonchev–Trinajstić information content (AvgIpc) is 2.41. The summed E-state index contributed by atoms with van der Waals surface area (Å²) in [6.07, 6.45) is 0.0973. The molecule has 0 bridgehead atoms. The molecular weight excluding hydrogens is 347 g/mol. The van der Waals surface area contributed by atoms with Crippen molar-refractivity contribution < 1.29 is 23.1 Å². The molecule has 112 valence electrons. The number of methoxy groups -OCH3 is 1. The van der Waals surface area contributed by atoms with Gasteiger partial charge in [0.2, 0.25) is 0 Å². The van der Waals surface area contributed by atoms with E-state index in [4.69, 9.17) is 9.05 Å². The molecular formula is C13H18BrO5P. The second-order valence-electron chi connectivity index (χ2n) is 3.90. The highest BCUT2D eigenvalue weighted by Gasteiger charge is 2.25. The SMILES string of the molecule is CCOP(=O)(Cc1cc(C(=O)OC)ccc1Br)OCC. The first-order valence-electron chi connectivity index (χ1n) is 6.20. The molecule has 0 radical (unpaired) electrons. The highest BCUT2D eigenvalue weighted by atomic mass is 79.9. The number of rotatable bonds is 7. The number of benzene rings is 1. The van der Waals surface area contributed by atoms with E-state index in [9.17, 15) is 9.36 Å². The number of halogens is 1. The number of carbonyl (C=O) groups is 1. The van der Waals surface area contributed by atoms with Crippen LogP contribution in [0.15, 0.2) is 22.7 Å². The largest absolute Gasteiger partial charge is 0.465 e. The zero-order valence-corrected chi connectivity index (χ0v) is 14.2. The Kier molecular flexibility index (Phi) is 6.89. The van der Waals surface area contributed by atoms with Gasteiger partial charge in [0.25, 0.3) is 0 Å². The van der Waals surface area contributed by atoms with E-state index >= 15 is 0 Å². The van der Waals surface area contributed by atoms with Crippen molar-refractivity contribution in [3.8, 4) is 0 Å². The van der Waals surface area contributed by atoms with Gasteiger partial charge in [-0.2, -0.15) is 0 Å². The zero-order chi connectivity index (χ0) is 15.2. The summed E-state index contributed by atoms with van der Waals surface area (Å²) in [5.41, 5.74) is 1.07.